The van der Waals surface area contributed by atoms with Gasteiger partial charge in [-0.3, -0.25) is 4.79 Å². The van der Waals surface area contributed by atoms with E-state index in [1.54, 1.807) is 23.9 Å². The van der Waals surface area contributed by atoms with Gasteiger partial charge in [0.1, 0.15) is 5.15 Å². The van der Waals surface area contributed by atoms with Crippen molar-refractivity contribution >= 4 is 29.3 Å². The molecule has 0 atom stereocenters. The van der Waals surface area contributed by atoms with Crippen molar-refractivity contribution in [3.05, 3.63) is 64.9 Å². The molecule has 0 unspecified atom stereocenters. The van der Waals surface area contributed by atoms with E-state index in [0.29, 0.717) is 17.3 Å². The normalized spacial score (nSPS) is 10.2. The maximum atomic E-state index is 11.8. The largest absolute Gasteiger partial charge is 0.351 e. The number of thioether (sulfide) groups is 1. The lowest BCUT2D eigenvalue weighted by Gasteiger charge is -2.05. The van der Waals surface area contributed by atoms with Gasteiger partial charge in [-0.15, -0.1) is 0 Å². The lowest BCUT2D eigenvalue weighted by molar-refractivity contribution is 0.0956. The summed E-state index contributed by atoms with van der Waals surface area (Å²) in [5.74, 6) is 1.72. The Morgan fingerprint density at radius 2 is 2.00 bits per heavy atom. The van der Waals surface area contributed by atoms with Crippen LogP contribution in [0.2, 0.25) is 5.15 Å². The SMILES string of the molecule is O=C(NCCSCc1ccccc1)c1ccc(Cl)nc1. The van der Waals surface area contributed by atoms with Crippen molar-refractivity contribution in [2.75, 3.05) is 12.3 Å². The third-order valence-corrected chi connectivity index (χ3v) is 3.89. The molecular weight excluding hydrogens is 292 g/mol. The Morgan fingerprint density at radius 1 is 1.20 bits per heavy atom. The Morgan fingerprint density at radius 3 is 2.70 bits per heavy atom. The van der Waals surface area contributed by atoms with Crippen LogP contribution in [0, 0.1) is 0 Å². The van der Waals surface area contributed by atoms with E-state index >= 15 is 0 Å². The standard InChI is InChI=1S/C15H15ClN2OS/c16-14-7-6-13(10-18-14)15(19)17-8-9-20-11-12-4-2-1-3-5-12/h1-7,10H,8-9,11H2,(H,17,19). The van der Waals surface area contributed by atoms with E-state index in [9.17, 15) is 4.79 Å². The third kappa shape index (κ3) is 4.87. The third-order valence-electron chi connectivity index (χ3n) is 2.63. The molecule has 0 saturated carbocycles. The molecule has 0 aliphatic carbocycles. The van der Waals surface area contributed by atoms with Crippen molar-refractivity contribution in [3.8, 4) is 0 Å². The lowest BCUT2D eigenvalue weighted by atomic mass is 10.2. The first kappa shape index (κ1) is 14.9. The molecule has 0 aliphatic rings. The van der Waals surface area contributed by atoms with Crippen LogP contribution in [0.5, 0.6) is 0 Å². The molecule has 0 radical (unpaired) electrons. The molecule has 1 heterocycles. The minimum absolute atomic E-state index is 0.116. The van der Waals surface area contributed by atoms with Crippen molar-refractivity contribution in [1.29, 1.82) is 0 Å². The van der Waals surface area contributed by atoms with Gasteiger partial charge >= 0.3 is 0 Å². The van der Waals surface area contributed by atoms with Crippen LogP contribution in [0.3, 0.4) is 0 Å². The predicted molar refractivity (Wildman–Crippen MR) is 84.2 cm³/mol. The van der Waals surface area contributed by atoms with E-state index in [1.165, 1.54) is 11.8 Å². The molecule has 5 heteroatoms. The van der Waals surface area contributed by atoms with Crippen LogP contribution in [0.25, 0.3) is 0 Å². The molecule has 1 N–H and O–H groups in total. The Labute approximate surface area is 127 Å². The highest BCUT2D eigenvalue weighted by molar-refractivity contribution is 7.98. The molecule has 0 fully saturated rings. The second kappa shape index (κ2) is 7.92. The number of halogens is 1. The van der Waals surface area contributed by atoms with Crippen LogP contribution in [-0.2, 0) is 5.75 Å². The second-order valence-corrected chi connectivity index (χ2v) is 5.66. The smallest absolute Gasteiger partial charge is 0.252 e. The van der Waals surface area contributed by atoms with Crippen LogP contribution in [0.15, 0.2) is 48.7 Å². The van der Waals surface area contributed by atoms with E-state index in [4.69, 9.17) is 11.6 Å². The fourth-order valence-electron chi connectivity index (χ4n) is 1.61. The summed E-state index contributed by atoms with van der Waals surface area (Å²) >= 11 is 7.47. The number of rotatable bonds is 6. The average molecular weight is 307 g/mol. The summed E-state index contributed by atoms with van der Waals surface area (Å²) < 4.78 is 0. The topological polar surface area (TPSA) is 42.0 Å². The van der Waals surface area contributed by atoms with Crippen molar-refractivity contribution in [1.82, 2.24) is 10.3 Å². The summed E-state index contributed by atoms with van der Waals surface area (Å²) in [6.45, 7) is 0.638. The summed E-state index contributed by atoms with van der Waals surface area (Å²) in [4.78, 5) is 15.7. The van der Waals surface area contributed by atoms with Crippen molar-refractivity contribution < 1.29 is 4.79 Å². The molecule has 2 aromatic rings. The first-order valence-corrected chi connectivity index (χ1v) is 7.80. The van der Waals surface area contributed by atoms with Gasteiger partial charge in [0.05, 0.1) is 5.56 Å². The van der Waals surface area contributed by atoms with Gasteiger partial charge in [-0.25, -0.2) is 4.98 Å². The van der Waals surface area contributed by atoms with E-state index < -0.39 is 0 Å². The molecule has 0 bridgehead atoms. The Hall–Kier alpha value is -1.52. The Kier molecular flexibility index (Phi) is 5.89. The van der Waals surface area contributed by atoms with Crippen LogP contribution >= 0.6 is 23.4 Å². The first-order valence-electron chi connectivity index (χ1n) is 6.27. The molecule has 1 aromatic carbocycles. The van der Waals surface area contributed by atoms with Gasteiger partial charge in [0.25, 0.3) is 5.91 Å². The number of hydrogen-bond donors (Lipinski definition) is 1. The Balaban J connectivity index is 1.66. The molecule has 1 amide bonds. The zero-order valence-corrected chi connectivity index (χ0v) is 12.5. The lowest BCUT2D eigenvalue weighted by Crippen LogP contribution is -2.25. The number of aromatic nitrogens is 1. The number of amides is 1. The molecule has 20 heavy (non-hydrogen) atoms. The molecule has 1 aromatic heterocycles. The minimum Gasteiger partial charge on any atom is -0.351 e. The van der Waals surface area contributed by atoms with Crippen LogP contribution in [0.1, 0.15) is 15.9 Å². The summed E-state index contributed by atoms with van der Waals surface area (Å²) in [5.41, 5.74) is 1.83. The summed E-state index contributed by atoms with van der Waals surface area (Å²) in [5, 5.41) is 3.25. The van der Waals surface area contributed by atoms with Crippen LogP contribution in [0.4, 0.5) is 0 Å². The predicted octanol–water partition coefficient (Wildman–Crippen LogP) is 3.40. The van der Waals surface area contributed by atoms with Gasteiger partial charge in [0, 0.05) is 24.2 Å². The van der Waals surface area contributed by atoms with Gasteiger partial charge in [-0.2, -0.15) is 11.8 Å². The van der Waals surface area contributed by atoms with Crippen LogP contribution < -0.4 is 5.32 Å². The van der Waals surface area contributed by atoms with Gasteiger partial charge in [-0.05, 0) is 17.7 Å². The quantitative estimate of drug-likeness (QED) is 0.657. The maximum absolute atomic E-state index is 11.8. The summed E-state index contributed by atoms with van der Waals surface area (Å²) in [6.07, 6.45) is 1.48. The van der Waals surface area contributed by atoms with E-state index in [-0.39, 0.29) is 5.91 Å². The van der Waals surface area contributed by atoms with Crippen LogP contribution in [-0.4, -0.2) is 23.2 Å². The number of carbonyl (C=O) groups is 1. The van der Waals surface area contributed by atoms with Gasteiger partial charge in [0.15, 0.2) is 0 Å². The highest BCUT2D eigenvalue weighted by atomic mass is 35.5. The van der Waals surface area contributed by atoms with Gasteiger partial charge in [0.2, 0.25) is 0 Å². The molecule has 0 spiro atoms. The fraction of sp³-hybridized carbons (Fsp3) is 0.200. The first-order chi connectivity index (χ1) is 9.75. The number of carbonyl (C=O) groups excluding carboxylic acids is 1. The van der Waals surface area contributed by atoms with Crippen molar-refractivity contribution in [2.24, 2.45) is 0 Å². The molecular formula is C15H15ClN2OS. The fourth-order valence-corrected chi connectivity index (χ4v) is 2.54. The average Bonchev–Trinajstić information content (AvgIpc) is 2.48. The number of nitrogens with zero attached hydrogens (tertiary/aromatic N) is 1. The summed E-state index contributed by atoms with van der Waals surface area (Å²) in [6, 6.07) is 13.6. The van der Waals surface area contributed by atoms with E-state index in [0.717, 1.165) is 11.5 Å². The molecule has 104 valence electrons. The molecule has 0 aliphatic heterocycles. The second-order valence-electron chi connectivity index (χ2n) is 4.16. The van der Waals surface area contributed by atoms with Crippen molar-refractivity contribution in [3.63, 3.8) is 0 Å². The minimum atomic E-state index is -0.116. The zero-order valence-electron chi connectivity index (χ0n) is 10.9. The zero-order chi connectivity index (χ0) is 14.2. The van der Waals surface area contributed by atoms with E-state index in [2.05, 4.69) is 22.4 Å². The number of benzene rings is 1. The van der Waals surface area contributed by atoms with Gasteiger partial charge in [-0.1, -0.05) is 41.9 Å². The van der Waals surface area contributed by atoms with Gasteiger partial charge < -0.3 is 5.32 Å². The maximum Gasteiger partial charge on any atom is 0.252 e. The molecule has 0 saturated heterocycles. The molecule has 2 rings (SSSR count). The number of nitrogens with one attached hydrogen (secondary N) is 1. The number of pyridine rings is 1. The monoisotopic (exact) mass is 306 g/mol. The highest BCUT2D eigenvalue weighted by Crippen LogP contribution is 2.10. The van der Waals surface area contributed by atoms with Crippen molar-refractivity contribution in [2.45, 2.75) is 5.75 Å². The Bertz CT molecular complexity index is 546. The molecule has 3 nitrogen and oxygen atoms in total. The summed E-state index contributed by atoms with van der Waals surface area (Å²) in [7, 11) is 0. The highest BCUT2D eigenvalue weighted by Gasteiger charge is 2.04. The number of hydrogen-bond acceptors (Lipinski definition) is 3. The van der Waals surface area contributed by atoms with E-state index in [1.807, 2.05) is 18.2 Å².